The van der Waals surface area contributed by atoms with Gasteiger partial charge in [-0.1, -0.05) is 0 Å². The normalized spacial score (nSPS) is 13.5. The molecular weight excluding hydrogens is 585 g/mol. The first-order valence-electron chi connectivity index (χ1n) is 14.9. The molecule has 204 valence electrons. The molecule has 0 atom stereocenters. The summed E-state index contributed by atoms with van der Waals surface area (Å²) in [5.41, 5.74) is 8.95. The summed E-state index contributed by atoms with van der Waals surface area (Å²) in [5.74, 6) is 0. The molecule has 0 unspecified atom stereocenters. The monoisotopic (exact) mass is 615 g/mol. The molecule has 1 nitrogen and oxygen atoms in total. The summed E-state index contributed by atoms with van der Waals surface area (Å²) >= 11 is 0.283. The Balaban J connectivity index is 1.35. The summed E-state index contributed by atoms with van der Waals surface area (Å²) in [5, 5.41) is 8.16. The topological polar surface area (TPSA) is 3.24 Å². The van der Waals surface area contributed by atoms with Gasteiger partial charge in [-0.15, -0.1) is 0 Å². The first-order chi connectivity index (χ1) is 21.1. The Morgan fingerprint density at radius 1 is 0.535 bits per heavy atom. The van der Waals surface area contributed by atoms with E-state index >= 15 is 0 Å². The first kappa shape index (κ1) is 24.9. The summed E-state index contributed by atoms with van der Waals surface area (Å²) in [6.07, 6.45) is 0. The van der Waals surface area contributed by atoms with E-state index in [-0.39, 0.29) is 19.9 Å². The van der Waals surface area contributed by atoms with Crippen LogP contribution in [-0.2, 0) is 5.41 Å². The summed E-state index contributed by atoms with van der Waals surface area (Å²) in [4.78, 5) is 2.48. The molecule has 0 spiro atoms. The number of hydrogen-bond acceptors (Lipinski definition) is 1. The number of hydrogen-bond donors (Lipinski definition) is 0. The Kier molecular flexibility index (Phi) is 5.33. The van der Waals surface area contributed by atoms with E-state index in [9.17, 15) is 0 Å². The maximum absolute atomic E-state index is 2.48. The van der Waals surface area contributed by atoms with Gasteiger partial charge < -0.3 is 0 Å². The molecule has 2 heteroatoms. The van der Waals surface area contributed by atoms with Crippen molar-refractivity contribution in [1.29, 1.82) is 0 Å². The van der Waals surface area contributed by atoms with Crippen LogP contribution in [0.15, 0.2) is 140 Å². The van der Waals surface area contributed by atoms with Crippen molar-refractivity contribution in [2.75, 3.05) is 4.90 Å². The third-order valence-electron chi connectivity index (χ3n) is 9.40. The van der Waals surface area contributed by atoms with Crippen molar-refractivity contribution in [2.45, 2.75) is 19.3 Å². The molecule has 1 heterocycles. The standard InChI is InChI=1S/C41H29NSe/c1-41(2)35-16-8-6-13-30(35)32-15-10-17-36(39(32)41)42(28-11-4-3-5-12-28)29-23-21-26-19-20-27-22-24-33-31-14-7-9-18-37(31)43-40(33)38(27)34(26)25-29/h3-25H,1-2H3. The Morgan fingerprint density at radius 3 is 2.16 bits per heavy atom. The molecule has 1 aliphatic rings. The van der Waals surface area contributed by atoms with Crippen LogP contribution in [0.3, 0.4) is 0 Å². The van der Waals surface area contributed by atoms with Gasteiger partial charge >= 0.3 is 258 Å². The van der Waals surface area contributed by atoms with Crippen molar-refractivity contribution in [3.63, 3.8) is 0 Å². The average Bonchev–Trinajstić information content (AvgIpc) is 3.54. The van der Waals surface area contributed by atoms with Crippen molar-refractivity contribution in [3.05, 3.63) is 151 Å². The Bertz CT molecular complexity index is 2380. The summed E-state index contributed by atoms with van der Waals surface area (Å²) < 4.78 is 3.00. The van der Waals surface area contributed by atoms with Crippen molar-refractivity contribution < 1.29 is 0 Å². The third kappa shape index (κ3) is 3.58. The SMILES string of the molecule is CC1(C)c2ccccc2-c2cccc(N(c3ccccc3)c3ccc4ccc5ccc6c7ccccc7[se]c6c5c4c3)c21. The first-order valence-corrected chi connectivity index (χ1v) is 16.7. The van der Waals surface area contributed by atoms with E-state index in [0.29, 0.717) is 0 Å². The van der Waals surface area contributed by atoms with Gasteiger partial charge in [0.25, 0.3) is 0 Å². The van der Waals surface area contributed by atoms with Crippen LogP contribution in [0.25, 0.3) is 52.0 Å². The van der Waals surface area contributed by atoms with Gasteiger partial charge in [0.1, 0.15) is 0 Å². The van der Waals surface area contributed by atoms with Gasteiger partial charge in [0.15, 0.2) is 0 Å². The Morgan fingerprint density at radius 2 is 1.26 bits per heavy atom. The van der Waals surface area contributed by atoms with Gasteiger partial charge in [-0.05, 0) is 0 Å². The van der Waals surface area contributed by atoms with E-state index in [1.807, 2.05) is 0 Å². The van der Waals surface area contributed by atoms with Crippen LogP contribution in [-0.4, -0.2) is 14.5 Å². The van der Waals surface area contributed by atoms with Crippen LogP contribution in [0.4, 0.5) is 17.1 Å². The van der Waals surface area contributed by atoms with Gasteiger partial charge in [0.2, 0.25) is 0 Å². The van der Waals surface area contributed by atoms with Crippen molar-refractivity contribution in [2.24, 2.45) is 0 Å². The minimum absolute atomic E-state index is 0.117. The second kappa shape index (κ2) is 9.19. The Hall–Kier alpha value is -4.62. The Labute approximate surface area is 257 Å². The molecule has 0 aliphatic heterocycles. The van der Waals surface area contributed by atoms with Crippen molar-refractivity contribution in [3.8, 4) is 11.1 Å². The second-order valence-corrected chi connectivity index (χ2v) is 14.4. The van der Waals surface area contributed by atoms with E-state index in [1.165, 1.54) is 80.2 Å². The molecule has 8 aromatic rings. The van der Waals surface area contributed by atoms with Gasteiger partial charge in [-0.3, -0.25) is 0 Å². The quantitative estimate of drug-likeness (QED) is 0.141. The second-order valence-electron chi connectivity index (χ2n) is 12.2. The van der Waals surface area contributed by atoms with Crippen LogP contribution in [0.5, 0.6) is 0 Å². The number of anilines is 3. The molecule has 0 bridgehead atoms. The number of rotatable bonds is 3. The molecule has 0 saturated carbocycles. The molecule has 0 fully saturated rings. The molecule has 9 rings (SSSR count). The van der Waals surface area contributed by atoms with Gasteiger partial charge in [-0.2, -0.15) is 0 Å². The van der Waals surface area contributed by atoms with Gasteiger partial charge in [-0.25, -0.2) is 0 Å². The van der Waals surface area contributed by atoms with Crippen LogP contribution in [0, 0.1) is 0 Å². The molecule has 1 aliphatic carbocycles. The minimum atomic E-state index is -0.117. The predicted molar refractivity (Wildman–Crippen MR) is 186 cm³/mol. The zero-order valence-electron chi connectivity index (χ0n) is 24.1. The molecular formula is C41H29NSe. The average molecular weight is 615 g/mol. The van der Waals surface area contributed by atoms with Crippen LogP contribution in [0.1, 0.15) is 25.0 Å². The zero-order chi connectivity index (χ0) is 28.7. The number of para-hydroxylation sites is 1. The van der Waals surface area contributed by atoms with E-state index in [1.54, 1.807) is 0 Å². The van der Waals surface area contributed by atoms with Crippen molar-refractivity contribution >= 4 is 72.4 Å². The van der Waals surface area contributed by atoms with Gasteiger partial charge in [0.05, 0.1) is 0 Å². The molecule has 1 aromatic heterocycles. The number of fused-ring (bicyclic) bond motifs is 10. The van der Waals surface area contributed by atoms with Crippen molar-refractivity contribution in [1.82, 2.24) is 0 Å². The molecule has 7 aromatic carbocycles. The fourth-order valence-electron chi connectivity index (χ4n) is 7.46. The third-order valence-corrected chi connectivity index (χ3v) is 11.9. The summed E-state index contributed by atoms with van der Waals surface area (Å²) in [6.45, 7) is 4.75. The molecule has 0 saturated heterocycles. The van der Waals surface area contributed by atoms with Gasteiger partial charge in [0, 0.05) is 0 Å². The molecule has 0 amide bonds. The van der Waals surface area contributed by atoms with E-state index in [2.05, 4.69) is 158 Å². The van der Waals surface area contributed by atoms with Crippen LogP contribution in [0.2, 0.25) is 0 Å². The van der Waals surface area contributed by atoms with E-state index < -0.39 is 0 Å². The molecule has 43 heavy (non-hydrogen) atoms. The maximum atomic E-state index is 2.48. The van der Waals surface area contributed by atoms with Crippen LogP contribution >= 0.6 is 0 Å². The number of nitrogens with zero attached hydrogens (tertiary/aromatic N) is 1. The van der Waals surface area contributed by atoms with Crippen LogP contribution < -0.4 is 4.90 Å². The zero-order valence-corrected chi connectivity index (χ0v) is 25.8. The van der Waals surface area contributed by atoms with E-state index in [0.717, 1.165) is 0 Å². The number of benzene rings is 7. The fraction of sp³-hybridized carbons (Fsp3) is 0.0732. The summed E-state index contributed by atoms with van der Waals surface area (Å²) in [7, 11) is 0. The predicted octanol–water partition coefficient (Wildman–Crippen LogP) is 11.1. The molecule has 0 radical (unpaired) electrons. The van der Waals surface area contributed by atoms with E-state index in [4.69, 9.17) is 0 Å². The fourth-order valence-corrected chi connectivity index (χ4v) is 10.1. The summed E-state index contributed by atoms with van der Waals surface area (Å²) in [6, 6.07) is 51.9. The molecule has 0 N–H and O–H groups in total.